The maximum atomic E-state index is 11.9. The average molecular weight is 309 g/mol. The fourth-order valence-corrected chi connectivity index (χ4v) is 2.34. The smallest absolute Gasteiger partial charge is 0.311 e. The van der Waals surface area contributed by atoms with Crippen LogP contribution in [-0.4, -0.2) is 35.9 Å². The van der Waals surface area contributed by atoms with Gasteiger partial charge in [0.1, 0.15) is 5.75 Å². The second-order valence-electron chi connectivity index (χ2n) is 5.24. The Bertz CT molecular complexity index is 525. The van der Waals surface area contributed by atoms with Crippen LogP contribution in [0.3, 0.4) is 0 Å². The monoisotopic (exact) mass is 309 g/mol. The van der Waals surface area contributed by atoms with E-state index < -0.39 is 17.5 Å². The van der Waals surface area contributed by atoms with Crippen molar-refractivity contribution in [2.45, 2.75) is 30.8 Å². The van der Waals surface area contributed by atoms with Gasteiger partial charge in [0, 0.05) is 11.4 Å². The molecule has 0 heterocycles. The van der Waals surface area contributed by atoms with Crippen LogP contribution < -0.4 is 10.1 Å². The number of benzene rings is 1. The zero-order valence-corrected chi connectivity index (χ0v) is 12.9. The molecule has 0 spiro atoms. The molecule has 1 aromatic carbocycles. The molecule has 0 aromatic heterocycles. The molecule has 1 fully saturated rings. The zero-order chi connectivity index (χ0) is 15.5. The molecular formula is C15H19NO4S. The van der Waals surface area contributed by atoms with Gasteiger partial charge in [-0.25, -0.2) is 0 Å². The van der Waals surface area contributed by atoms with Gasteiger partial charge in [-0.2, -0.15) is 0 Å². The minimum absolute atomic E-state index is 0.167. The van der Waals surface area contributed by atoms with Gasteiger partial charge in [0.15, 0.2) is 6.10 Å². The molecule has 0 saturated heterocycles. The normalized spacial score (nSPS) is 16.9. The Labute approximate surface area is 128 Å². The summed E-state index contributed by atoms with van der Waals surface area (Å²) in [4.78, 5) is 24.1. The Morgan fingerprint density at radius 2 is 2.00 bits per heavy atom. The SMILES string of the molecule is CSc1ccc(OC(C)C(=O)NCC2(C(=O)O)CC2)cc1. The van der Waals surface area contributed by atoms with Crippen LogP contribution in [0.15, 0.2) is 29.2 Å². The minimum atomic E-state index is -0.843. The number of nitrogens with one attached hydrogen (secondary N) is 1. The fourth-order valence-electron chi connectivity index (χ4n) is 1.93. The summed E-state index contributed by atoms with van der Waals surface area (Å²) in [7, 11) is 0. The van der Waals surface area contributed by atoms with Crippen molar-refractivity contribution in [1.82, 2.24) is 5.32 Å². The predicted molar refractivity (Wildman–Crippen MR) is 80.6 cm³/mol. The number of carbonyl (C=O) groups is 2. The summed E-state index contributed by atoms with van der Waals surface area (Å²) in [6, 6.07) is 7.48. The number of amides is 1. The van der Waals surface area contributed by atoms with E-state index in [4.69, 9.17) is 9.84 Å². The lowest BCUT2D eigenvalue weighted by atomic mass is 10.1. The summed E-state index contributed by atoms with van der Waals surface area (Å²) in [6.07, 6.45) is 2.57. The lowest BCUT2D eigenvalue weighted by molar-refractivity contribution is -0.143. The zero-order valence-electron chi connectivity index (χ0n) is 12.1. The number of ether oxygens (including phenoxy) is 1. The molecular weight excluding hydrogens is 290 g/mol. The maximum absolute atomic E-state index is 11.9. The molecule has 1 aliphatic rings. The second kappa shape index (κ2) is 6.39. The number of hydrogen-bond acceptors (Lipinski definition) is 4. The second-order valence-corrected chi connectivity index (χ2v) is 6.12. The molecule has 1 unspecified atom stereocenters. The molecule has 2 rings (SSSR count). The first-order valence-electron chi connectivity index (χ1n) is 6.79. The highest BCUT2D eigenvalue weighted by molar-refractivity contribution is 7.98. The van der Waals surface area contributed by atoms with Gasteiger partial charge < -0.3 is 15.2 Å². The third-order valence-corrected chi connectivity index (χ3v) is 4.39. The molecule has 6 heteroatoms. The molecule has 1 saturated carbocycles. The van der Waals surface area contributed by atoms with Crippen molar-refractivity contribution in [2.24, 2.45) is 5.41 Å². The molecule has 0 radical (unpaired) electrons. The Hall–Kier alpha value is -1.69. The minimum Gasteiger partial charge on any atom is -0.481 e. The summed E-state index contributed by atoms with van der Waals surface area (Å²) in [5.74, 6) is -0.518. The fraction of sp³-hybridized carbons (Fsp3) is 0.467. The Morgan fingerprint density at radius 1 is 1.38 bits per heavy atom. The van der Waals surface area contributed by atoms with E-state index in [1.54, 1.807) is 18.7 Å². The van der Waals surface area contributed by atoms with E-state index in [1.807, 2.05) is 30.5 Å². The van der Waals surface area contributed by atoms with E-state index in [0.717, 1.165) is 4.90 Å². The summed E-state index contributed by atoms with van der Waals surface area (Å²) in [5.41, 5.74) is -0.755. The number of aliphatic carboxylic acids is 1. The van der Waals surface area contributed by atoms with Crippen molar-refractivity contribution >= 4 is 23.6 Å². The largest absolute Gasteiger partial charge is 0.481 e. The average Bonchev–Trinajstić information content (AvgIpc) is 3.26. The van der Waals surface area contributed by atoms with Crippen LogP contribution in [-0.2, 0) is 9.59 Å². The van der Waals surface area contributed by atoms with E-state index in [9.17, 15) is 9.59 Å². The molecule has 114 valence electrons. The van der Waals surface area contributed by atoms with Gasteiger partial charge in [-0.3, -0.25) is 9.59 Å². The number of hydrogen-bond donors (Lipinski definition) is 2. The standard InChI is InChI=1S/C15H19NO4S/c1-10(20-11-3-5-12(21-2)6-4-11)13(17)16-9-15(7-8-15)14(18)19/h3-6,10H,7-9H2,1-2H3,(H,16,17)(H,18,19). The third-order valence-electron chi connectivity index (χ3n) is 3.65. The third kappa shape index (κ3) is 3.91. The van der Waals surface area contributed by atoms with E-state index in [0.29, 0.717) is 18.6 Å². The highest BCUT2D eigenvalue weighted by atomic mass is 32.2. The van der Waals surface area contributed by atoms with Crippen LogP contribution >= 0.6 is 11.8 Å². The van der Waals surface area contributed by atoms with Crippen molar-refractivity contribution in [1.29, 1.82) is 0 Å². The van der Waals surface area contributed by atoms with Gasteiger partial charge >= 0.3 is 5.97 Å². The van der Waals surface area contributed by atoms with Gasteiger partial charge in [-0.15, -0.1) is 11.8 Å². The van der Waals surface area contributed by atoms with E-state index in [1.165, 1.54) is 0 Å². The summed E-state index contributed by atoms with van der Waals surface area (Å²) in [5, 5.41) is 11.7. The molecule has 1 atom stereocenters. The van der Waals surface area contributed by atoms with E-state index >= 15 is 0 Å². The number of thioether (sulfide) groups is 1. The molecule has 0 aliphatic heterocycles. The van der Waals surface area contributed by atoms with Crippen molar-refractivity contribution in [3.8, 4) is 5.75 Å². The van der Waals surface area contributed by atoms with Crippen LogP contribution in [0.25, 0.3) is 0 Å². The molecule has 2 N–H and O–H groups in total. The Morgan fingerprint density at radius 3 is 2.48 bits per heavy atom. The van der Waals surface area contributed by atoms with E-state index in [-0.39, 0.29) is 12.5 Å². The summed E-state index contributed by atoms with van der Waals surface area (Å²) < 4.78 is 5.55. The number of carboxylic acids is 1. The van der Waals surface area contributed by atoms with Gasteiger partial charge in [0.2, 0.25) is 0 Å². The van der Waals surface area contributed by atoms with Crippen molar-refractivity contribution in [3.05, 3.63) is 24.3 Å². The number of carbonyl (C=O) groups excluding carboxylic acids is 1. The van der Waals surface area contributed by atoms with Crippen molar-refractivity contribution < 1.29 is 19.4 Å². The first-order chi connectivity index (χ1) is 9.97. The quantitative estimate of drug-likeness (QED) is 0.755. The first-order valence-corrected chi connectivity index (χ1v) is 8.01. The van der Waals surface area contributed by atoms with Crippen molar-refractivity contribution in [2.75, 3.05) is 12.8 Å². The highest BCUT2D eigenvalue weighted by Crippen LogP contribution is 2.45. The van der Waals surface area contributed by atoms with Crippen LogP contribution in [0.2, 0.25) is 0 Å². The lowest BCUT2D eigenvalue weighted by Crippen LogP contribution is -2.41. The van der Waals surface area contributed by atoms with Crippen LogP contribution in [0.5, 0.6) is 5.75 Å². The summed E-state index contributed by atoms with van der Waals surface area (Å²) in [6.45, 7) is 1.82. The molecule has 21 heavy (non-hydrogen) atoms. The predicted octanol–water partition coefficient (Wildman–Crippen LogP) is 2.16. The highest BCUT2D eigenvalue weighted by Gasteiger charge is 2.50. The van der Waals surface area contributed by atoms with Gasteiger partial charge in [0.05, 0.1) is 5.41 Å². The molecule has 0 bridgehead atoms. The molecule has 1 aromatic rings. The van der Waals surface area contributed by atoms with Crippen molar-refractivity contribution in [3.63, 3.8) is 0 Å². The maximum Gasteiger partial charge on any atom is 0.311 e. The van der Waals surface area contributed by atoms with E-state index in [2.05, 4.69) is 5.32 Å². The van der Waals surface area contributed by atoms with Crippen LogP contribution in [0, 0.1) is 5.41 Å². The van der Waals surface area contributed by atoms with Gasteiger partial charge in [0.25, 0.3) is 5.91 Å². The number of rotatable bonds is 7. The molecule has 1 amide bonds. The topological polar surface area (TPSA) is 75.6 Å². The van der Waals surface area contributed by atoms with Crippen LogP contribution in [0.1, 0.15) is 19.8 Å². The first kappa shape index (κ1) is 15.7. The Kier molecular flexibility index (Phi) is 4.77. The van der Waals surface area contributed by atoms with Crippen LogP contribution in [0.4, 0.5) is 0 Å². The Balaban J connectivity index is 1.83. The summed E-state index contributed by atoms with van der Waals surface area (Å²) >= 11 is 1.63. The van der Waals surface area contributed by atoms with Gasteiger partial charge in [-0.05, 0) is 50.3 Å². The lowest BCUT2D eigenvalue weighted by Gasteiger charge is -2.17. The molecule has 1 aliphatic carbocycles. The number of carboxylic acid groups (broad SMARTS) is 1. The van der Waals surface area contributed by atoms with Gasteiger partial charge in [-0.1, -0.05) is 0 Å². The molecule has 5 nitrogen and oxygen atoms in total.